The van der Waals surface area contributed by atoms with Crippen LogP contribution in [0.25, 0.3) is 0 Å². The summed E-state index contributed by atoms with van der Waals surface area (Å²) in [5.74, 6) is 0. The van der Waals surface area contributed by atoms with Crippen molar-refractivity contribution in [2.45, 2.75) is 0 Å². The fourth-order valence-electron chi connectivity index (χ4n) is 0. The van der Waals surface area contributed by atoms with Gasteiger partial charge in [-0.2, -0.15) is 0 Å². The Balaban J connectivity index is -0.00000000667. The molecule has 0 rings (SSSR count). The van der Waals surface area contributed by atoms with E-state index < -0.39 is 15.1 Å². The van der Waals surface area contributed by atoms with E-state index in [0.717, 1.165) is 0 Å². The van der Waals surface area contributed by atoms with E-state index in [1.807, 2.05) is 0 Å². The van der Waals surface area contributed by atoms with Gasteiger partial charge in [0.2, 0.25) is 0 Å². The van der Waals surface area contributed by atoms with E-state index in [-0.39, 0.29) is 40.6 Å². The van der Waals surface area contributed by atoms with Gasteiger partial charge >= 0.3 is 72.3 Å². The monoisotopic (exact) mass is 176 g/mol. The minimum atomic E-state index is -0.931. The van der Waals surface area contributed by atoms with Crippen molar-refractivity contribution in [2.75, 3.05) is 0 Å². The molecule has 0 atom stereocenters. The molecule has 4 heavy (non-hydrogen) atoms. The molecular formula is H2CaCl2Zn. The summed E-state index contributed by atoms with van der Waals surface area (Å²) in [6.45, 7) is 0. The molecule has 20 valence electrons. The molecule has 0 radical (unpaired) electrons. The smallest absolute Gasteiger partial charge is 1.00 e. The molecule has 0 saturated carbocycles. The second-order valence-corrected chi connectivity index (χ2v) is 4.72. The summed E-state index contributed by atoms with van der Waals surface area (Å²) in [5, 5.41) is 0. The predicted molar refractivity (Wildman–Crippen MR) is 19.7 cm³/mol. The molecule has 0 bridgehead atoms. The van der Waals surface area contributed by atoms with E-state index in [1.54, 1.807) is 0 Å². The molecule has 0 saturated heterocycles. The maximum atomic E-state index is 4.95. The molecule has 0 aromatic carbocycles. The molecule has 0 aromatic heterocycles. The minimum Gasteiger partial charge on any atom is -1.00 e. The topological polar surface area (TPSA) is 0 Å². The Morgan fingerprint density at radius 2 is 1.50 bits per heavy atom. The number of hydrogen-bond acceptors (Lipinski definition) is 0. The summed E-state index contributed by atoms with van der Waals surface area (Å²) < 4.78 is 0. The van der Waals surface area contributed by atoms with Crippen LogP contribution in [-0.4, -0.2) is 37.7 Å². The van der Waals surface area contributed by atoms with Gasteiger partial charge in [-0.15, -0.1) is 0 Å². The Bertz CT molecular complexity index is 11.5. The van der Waals surface area contributed by atoms with Gasteiger partial charge in [0.15, 0.2) is 0 Å². The van der Waals surface area contributed by atoms with Crippen molar-refractivity contribution in [3.8, 4) is 0 Å². The van der Waals surface area contributed by atoms with Gasteiger partial charge < -0.3 is 2.85 Å². The second kappa shape index (κ2) is 9.07. The maximum absolute atomic E-state index is 4.95. The average molecular weight is 178 g/mol. The fraction of sp³-hybridized carbons (Fsp3) is 0. The largest absolute Gasteiger partial charge is 1.00 e. The standard InChI is InChI=1S/Ca.2ClH.Zn.2H/h;2*1H;;;/q+2;;;+2;2*-1/p-2. The Morgan fingerprint density at radius 3 is 1.50 bits per heavy atom. The molecule has 0 heterocycles. The molecule has 0 nitrogen and oxygen atoms in total. The normalized spacial score (nSPS) is 2.50. The average Bonchev–Trinajstić information content (AvgIpc) is 0.918. The first-order valence-corrected chi connectivity index (χ1v) is 8.33. The van der Waals surface area contributed by atoms with E-state index in [9.17, 15) is 0 Å². The van der Waals surface area contributed by atoms with Crippen LogP contribution >= 0.6 is 19.4 Å². The zero-order valence-corrected chi connectivity index (χ0v) is 8.86. The number of hydrogen-bond donors (Lipinski definition) is 0. The molecule has 0 amide bonds. The SMILES string of the molecule is [Ca+2].[Cl][Zn][Cl].[H-].[H-]. The van der Waals surface area contributed by atoms with Crippen LogP contribution in [0.3, 0.4) is 0 Å². The van der Waals surface area contributed by atoms with Gasteiger partial charge in [0.25, 0.3) is 0 Å². The van der Waals surface area contributed by atoms with Gasteiger partial charge in [0.1, 0.15) is 0 Å². The Kier molecular flexibility index (Phi) is 22.0. The van der Waals surface area contributed by atoms with Crippen molar-refractivity contribution in [1.29, 1.82) is 0 Å². The molecule has 0 aliphatic rings. The van der Waals surface area contributed by atoms with E-state index in [1.165, 1.54) is 0 Å². The summed E-state index contributed by atoms with van der Waals surface area (Å²) in [6, 6.07) is 0. The fourth-order valence-corrected chi connectivity index (χ4v) is 0. The Morgan fingerprint density at radius 1 is 1.50 bits per heavy atom. The Labute approximate surface area is 73.9 Å². The van der Waals surface area contributed by atoms with E-state index in [4.69, 9.17) is 19.4 Å². The molecule has 0 aliphatic carbocycles. The van der Waals surface area contributed by atoms with Crippen molar-refractivity contribution in [1.82, 2.24) is 0 Å². The summed E-state index contributed by atoms with van der Waals surface area (Å²) in [7, 11) is 9.90. The quantitative estimate of drug-likeness (QED) is 0.489. The Hall–Kier alpha value is 2.46. The summed E-state index contributed by atoms with van der Waals surface area (Å²) in [6.07, 6.45) is 0. The molecule has 0 aliphatic heterocycles. The van der Waals surface area contributed by atoms with Crippen LogP contribution in [0, 0.1) is 0 Å². The van der Waals surface area contributed by atoms with Crippen LogP contribution in [0.15, 0.2) is 0 Å². The minimum absolute atomic E-state index is 0. The van der Waals surface area contributed by atoms with Gasteiger partial charge in [0, 0.05) is 0 Å². The van der Waals surface area contributed by atoms with Crippen LogP contribution in [0.4, 0.5) is 0 Å². The van der Waals surface area contributed by atoms with E-state index in [0.29, 0.717) is 0 Å². The third-order valence-electron chi connectivity index (χ3n) is 0. The summed E-state index contributed by atoms with van der Waals surface area (Å²) in [5.41, 5.74) is 0. The van der Waals surface area contributed by atoms with Gasteiger partial charge in [-0.1, -0.05) is 0 Å². The molecule has 0 aromatic rings. The molecular weight excluding hydrogens is 176 g/mol. The van der Waals surface area contributed by atoms with Crippen LogP contribution < -0.4 is 0 Å². The van der Waals surface area contributed by atoms with Crippen LogP contribution in [-0.2, 0) is 15.1 Å². The van der Waals surface area contributed by atoms with Crippen molar-refractivity contribution < 1.29 is 18.0 Å². The zero-order chi connectivity index (χ0) is 2.71. The second-order valence-electron chi connectivity index (χ2n) is 0.101. The molecule has 0 fully saturated rings. The number of halogens is 2. The summed E-state index contributed by atoms with van der Waals surface area (Å²) >= 11 is -0.931. The predicted octanol–water partition coefficient (Wildman–Crippen LogP) is 1.22. The zero-order valence-electron chi connectivity index (χ0n) is 4.17. The summed E-state index contributed by atoms with van der Waals surface area (Å²) in [4.78, 5) is 0. The van der Waals surface area contributed by atoms with Crippen LogP contribution in [0.2, 0.25) is 0 Å². The third kappa shape index (κ3) is 8.82. The van der Waals surface area contributed by atoms with E-state index in [2.05, 4.69) is 0 Å². The van der Waals surface area contributed by atoms with Crippen molar-refractivity contribution in [3.05, 3.63) is 0 Å². The number of rotatable bonds is 0. The van der Waals surface area contributed by atoms with Crippen LogP contribution in [0.1, 0.15) is 2.85 Å². The van der Waals surface area contributed by atoms with Gasteiger partial charge in [-0.05, 0) is 0 Å². The maximum Gasteiger partial charge on any atom is -1.00 e. The first-order valence-electron chi connectivity index (χ1n) is 0.535. The van der Waals surface area contributed by atoms with Crippen LogP contribution in [0.5, 0.6) is 0 Å². The third-order valence-corrected chi connectivity index (χ3v) is 0. The first-order chi connectivity index (χ1) is 1.41. The molecule has 0 unspecified atom stereocenters. The van der Waals surface area contributed by atoms with E-state index >= 15 is 0 Å². The molecule has 0 N–H and O–H groups in total. The van der Waals surface area contributed by atoms with Gasteiger partial charge in [-0.25, -0.2) is 0 Å². The van der Waals surface area contributed by atoms with Crippen molar-refractivity contribution in [3.63, 3.8) is 0 Å². The molecule has 0 spiro atoms. The molecule has 4 heteroatoms. The first kappa shape index (κ1) is 9.68. The van der Waals surface area contributed by atoms with Crippen molar-refractivity contribution >= 4 is 57.1 Å². The van der Waals surface area contributed by atoms with Gasteiger partial charge in [-0.3, -0.25) is 0 Å². The van der Waals surface area contributed by atoms with Gasteiger partial charge in [0.05, 0.1) is 0 Å². The van der Waals surface area contributed by atoms with Crippen molar-refractivity contribution in [2.24, 2.45) is 0 Å².